The molecule has 0 spiro atoms. The Morgan fingerprint density at radius 3 is 2.32 bits per heavy atom. The Labute approximate surface area is 133 Å². The van der Waals surface area contributed by atoms with Crippen LogP contribution in [0, 0.1) is 11.6 Å². The van der Waals surface area contributed by atoms with Crippen molar-refractivity contribution in [2.24, 2.45) is 0 Å². The van der Waals surface area contributed by atoms with Crippen molar-refractivity contribution in [3.63, 3.8) is 0 Å². The Kier molecular flexibility index (Phi) is 5.66. The van der Waals surface area contributed by atoms with Crippen LogP contribution in [-0.2, 0) is 6.54 Å². The van der Waals surface area contributed by atoms with E-state index < -0.39 is 11.6 Å². The molecule has 0 bridgehead atoms. The summed E-state index contributed by atoms with van der Waals surface area (Å²) in [5.74, 6) is -0.587. The molecule has 0 aromatic heterocycles. The number of hydrogen-bond donors (Lipinski definition) is 2. The molecule has 0 saturated carbocycles. The maximum atomic E-state index is 13.5. The Bertz CT molecular complexity index is 627. The normalized spacial score (nSPS) is 10.1. The van der Waals surface area contributed by atoms with E-state index in [-0.39, 0.29) is 10.8 Å². The summed E-state index contributed by atoms with van der Waals surface area (Å²) < 4.78 is 32.3. The van der Waals surface area contributed by atoms with Crippen molar-refractivity contribution in [3.05, 3.63) is 59.7 Å². The van der Waals surface area contributed by atoms with Gasteiger partial charge in [0, 0.05) is 6.54 Å². The van der Waals surface area contributed by atoms with E-state index in [1.54, 1.807) is 0 Å². The molecule has 0 saturated heterocycles. The molecular weight excluding hydrogens is 306 g/mol. The minimum Gasteiger partial charge on any atom is -0.494 e. The van der Waals surface area contributed by atoms with Gasteiger partial charge in [-0.05, 0) is 49.0 Å². The number of anilines is 1. The molecule has 0 aliphatic carbocycles. The molecule has 116 valence electrons. The molecule has 2 aromatic rings. The number of benzene rings is 2. The number of thiocarbonyl (C=S) groups is 1. The highest BCUT2D eigenvalue weighted by atomic mass is 32.1. The third kappa shape index (κ3) is 4.39. The lowest BCUT2D eigenvalue weighted by molar-refractivity contribution is 0.340. The Balaban J connectivity index is 1.90. The van der Waals surface area contributed by atoms with Crippen molar-refractivity contribution >= 4 is 23.0 Å². The van der Waals surface area contributed by atoms with Gasteiger partial charge < -0.3 is 15.4 Å². The molecule has 0 amide bonds. The largest absolute Gasteiger partial charge is 0.494 e. The van der Waals surface area contributed by atoms with Crippen LogP contribution in [0.1, 0.15) is 12.5 Å². The number of ether oxygens (including phenoxy) is 1. The molecule has 2 rings (SSSR count). The average Bonchev–Trinajstić information content (AvgIpc) is 2.51. The first kappa shape index (κ1) is 16.2. The van der Waals surface area contributed by atoms with Crippen LogP contribution in [-0.4, -0.2) is 11.7 Å². The first-order valence-electron chi connectivity index (χ1n) is 6.80. The fourth-order valence-corrected chi connectivity index (χ4v) is 2.00. The Morgan fingerprint density at radius 2 is 1.73 bits per heavy atom. The van der Waals surface area contributed by atoms with Crippen molar-refractivity contribution in [2.75, 3.05) is 11.9 Å². The van der Waals surface area contributed by atoms with E-state index in [0.29, 0.717) is 13.2 Å². The highest BCUT2D eigenvalue weighted by molar-refractivity contribution is 7.80. The van der Waals surface area contributed by atoms with Crippen molar-refractivity contribution < 1.29 is 13.5 Å². The maximum absolute atomic E-state index is 13.5. The van der Waals surface area contributed by atoms with E-state index >= 15 is 0 Å². The number of hydrogen-bond acceptors (Lipinski definition) is 2. The predicted molar refractivity (Wildman–Crippen MR) is 87.0 cm³/mol. The van der Waals surface area contributed by atoms with Gasteiger partial charge in [0.25, 0.3) is 0 Å². The van der Waals surface area contributed by atoms with Gasteiger partial charge in [-0.2, -0.15) is 0 Å². The summed E-state index contributed by atoms with van der Waals surface area (Å²) in [5, 5.41) is 5.58. The lowest BCUT2D eigenvalue weighted by Gasteiger charge is -2.12. The second-order valence-corrected chi connectivity index (χ2v) is 4.89. The van der Waals surface area contributed by atoms with Crippen LogP contribution in [0.25, 0.3) is 0 Å². The van der Waals surface area contributed by atoms with Gasteiger partial charge in [-0.15, -0.1) is 0 Å². The number of rotatable bonds is 5. The van der Waals surface area contributed by atoms with E-state index in [1.807, 2.05) is 31.2 Å². The zero-order valence-corrected chi connectivity index (χ0v) is 12.8. The van der Waals surface area contributed by atoms with Crippen LogP contribution < -0.4 is 15.4 Å². The zero-order valence-electron chi connectivity index (χ0n) is 12.0. The predicted octanol–water partition coefficient (Wildman–Crippen LogP) is 3.85. The highest BCUT2D eigenvalue weighted by Crippen LogP contribution is 2.18. The minimum absolute atomic E-state index is 0.151. The van der Waals surface area contributed by atoms with Gasteiger partial charge in [0.05, 0.1) is 6.61 Å². The molecule has 2 aromatic carbocycles. The molecule has 0 atom stereocenters. The van der Waals surface area contributed by atoms with Gasteiger partial charge in [-0.1, -0.05) is 18.2 Å². The van der Waals surface area contributed by atoms with E-state index in [4.69, 9.17) is 17.0 Å². The van der Waals surface area contributed by atoms with Crippen LogP contribution in [0.2, 0.25) is 0 Å². The van der Waals surface area contributed by atoms with E-state index in [2.05, 4.69) is 10.6 Å². The number of nitrogens with one attached hydrogen (secondary N) is 2. The molecular formula is C16H16F2N2OS. The number of para-hydroxylation sites is 1. The lowest BCUT2D eigenvalue weighted by atomic mass is 10.2. The van der Waals surface area contributed by atoms with Gasteiger partial charge in [0.1, 0.15) is 23.1 Å². The van der Waals surface area contributed by atoms with Gasteiger partial charge in [0.15, 0.2) is 5.11 Å². The maximum Gasteiger partial charge on any atom is 0.171 e. The summed E-state index contributed by atoms with van der Waals surface area (Å²) in [5.41, 5.74) is 0.716. The first-order chi connectivity index (χ1) is 10.6. The Hall–Kier alpha value is -2.21. The summed E-state index contributed by atoms with van der Waals surface area (Å²) in [6.45, 7) is 2.97. The third-order valence-electron chi connectivity index (χ3n) is 2.89. The quantitative estimate of drug-likeness (QED) is 0.819. The lowest BCUT2D eigenvalue weighted by Crippen LogP contribution is -2.28. The highest BCUT2D eigenvalue weighted by Gasteiger charge is 2.09. The fourth-order valence-electron chi connectivity index (χ4n) is 1.83. The smallest absolute Gasteiger partial charge is 0.171 e. The van der Waals surface area contributed by atoms with Gasteiger partial charge in [-0.25, -0.2) is 8.78 Å². The summed E-state index contributed by atoms with van der Waals surface area (Å²) in [6.07, 6.45) is 0. The summed E-state index contributed by atoms with van der Waals surface area (Å²) in [4.78, 5) is 0. The topological polar surface area (TPSA) is 33.3 Å². The minimum atomic E-state index is -0.690. The van der Waals surface area contributed by atoms with Crippen LogP contribution in [0.4, 0.5) is 14.5 Å². The number of halogens is 2. The molecule has 2 N–H and O–H groups in total. The average molecular weight is 322 g/mol. The third-order valence-corrected chi connectivity index (χ3v) is 3.14. The van der Waals surface area contributed by atoms with E-state index in [0.717, 1.165) is 11.3 Å². The molecule has 6 heteroatoms. The van der Waals surface area contributed by atoms with E-state index in [1.165, 1.54) is 18.2 Å². The molecule has 0 unspecified atom stereocenters. The standard InChI is InChI=1S/C16H16F2N2OS/c1-2-21-12-8-6-11(7-9-12)10-19-16(22)20-15-13(17)4-3-5-14(15)18/h3-9H,2,10H2,1H3,(H2,19,20,22). The molecule has 0 fully saturated rings. The molecule has 22 heavy (non-hydrogen) atoms. The van der Waals surface area contributed by atoms with Crippen LogP contribution in [0.5, 0.6) is 5.75 Å². The van der Waals surface area contributed by atoms with E-state index in [9.17, 15) is 8.78 Å². The van der Waals surface area contributed by atoms with Crippen molar-refractivity contribution in [3.8, 4) is 5.75 Å². The SMILES string of the molecule is CCOc1ccc(CNC(=S)Nc2c(F)cccc2F)cc1. The van der Waals surface area contributed by atoms with Crippen molar-refractivity contribution in [1.82, 2.24) is 5.32 Å². The monoisotopic (exact) mass is 322 g/mol. The van der Waals surface area contributed by atoms with Crippen LogP contribution in [0.15, 0.2) is 42.5 Å². The molecule has 0 aliphatic heterocycles. The summed E-state index contributed by atoms with van der Waals surface area (Å²) in [6, 6.07) is 11.1. The fraction of sp³-hybridized carbons (Fsp3) is 0.188. The van der Waals surface area contributed by atoms with Crippen LogP contribution in [0.3, 0.4) is 0 Å². The molecule has 0 aliphatic rings. The first-order valence-corrected chi connectivity index (χ1v) is 7.21. The van der Waals surface area contributed by atoms with Gasteiger partial charge in [0.2, 0.25) is 0 Å². The Morgan fingerprint density at radius 1 is 1.09 bits per heavy atom. The summed E-state index contributed by atoms with van der Waals surface area (Å²) >= 11 is 5.04. The van der Waals surface area contributed by atoms with Crippen LogP contribution >= 0.6 is 12.2 Å². The second-order valence-electron chi connectivity index (χ2n) is 4.48. The van der Waals surface area contributed by atoms with Crippen molar-refractivity contribution in [2.45, 2.75) is 13.5 Å². The second kappa shape index (κ2) is 7.70. The van der Waals surface area contributed by atoms with Gasteiger partial charge >= 0.3 is 0 Å². The molecule has 0 radical (unpaired) electrons. The summed E-state index contributed by atoms with van der Waals surface area (Å²) in [7, 11) is 0. The zero-order chi connectivity index (χ0) is 15.9. The van der Waals surface area contributed by atoms with Gasteiger partial charge in [-0.3, -0.25) is 0 Å². The molecule has 0 heterocycles. The van der Waals surface area contributed by atoms with Crippen molar-refractivity contribution in [1.29, 1.82) is 0 Å². The molecule has 3 nitrogen and oxygen atoms in total.